The number of aromatic nitrogens is 4. The predicted octanol–water partition coefficient (Wildman–Crippen LogP) is -1.54. The molecule has 1 aliphatic heterocycles. The molecule has 0 aliphatic carbocycles. The highest BCUT2D eigenvalue weighted by molar-refractivity contribution is 7.46. The van der Waals surface area contributed by atoms with Crippen molar-refractivity contribution >= 4 is 24.9 Å². The first kappa shape index (κ1) is 16.1. The van der Waals surface area contributed by atoms with Crippen LogP contribution in [0, 0.1) is 0 Å². The number of ether oxygens (including phenoxy) is 1. The van der Waals surface area contributed by atoms with Crippen LogP contribution >= 0.6 is 7.82 Å². The van der Waals surface area contributed by atoms with Gasteiger partial charge in [-0.15, -0.1) is 0 Å². The van der Waals surface area contributed by atoms with E-state index in [4.69, 9.17) is 20.3 Å². The average Bonchev–Trinajstić information content (AvgIpc) is 2.99. The lowest BCUT2D eigenvalue weighted by Gasteiger charge is -2.16. The second kappa shape index (κ2) is 5.67. The number of aliphatic hydroxyl groups is 1. The zero-order valence-corrected chi connectivity index (χ0v) is 12.5. The van der Waals surface area contributed by atoms with E-state index < -0.39 is 38.4 Å². The summed E-state index contributed by atoms with van der Waals surface area (Å²) in [6, 6.07) is 0. The molecule has 0 amide bonds. The number of nitrogens with two attached hydrogens (primary N) is 1. The summed E-state index contributed by atoms with van der Waals surface area (Å²) in [4.78, 5) is 39.3. The number of rotatable bonds is 4. The monoisotopic (exact) mass is 357 g/mol. The summed E-state index contributed by atoms with van der Waals surface area (Å²) < 4.78 is 22.0. The number of H-pyrrole nitrogens is 1. The van der Waals surface area contributed by atoms with Crippen LogP contribution in [-0.4, -0.2) is 53.2 Å². The summed E-state index contributed by atoms with van der Waals surface area (Å²) in [6.07, 6.45) is -1.26. The Hall–Kier alpha value is -1.82. The second-order valence-electron chi connectivity index (χ2n) is 4.99. The highest BCUT2D eigenvalue weighted by Gasteiger charge is 2.37. The smallest absolute Gasteiger partial charge is 0.390 e. The Morgan fingerprint density at radius 1 is 1.57 bits per heavy atom. The number of phosphoric ester groups is 1. The largest absolute Gasteiger partial charge is 0.469 e. The fourth-order valence-electron chi connectivity index (χ4n) is 2.36. The SMILES string of the molecule is N[13c]1n[13c]2[13c](n[13cH]n2[13C@H]2[13CH2][13C@@H](O)[13C@@H]([13CH2]OP(=O)(O)O)O2)[13c](=O)[nH]1. The van der Waals surface area contributed by atoms with Crippen LogP contribution in [0.3, 0.4) is 0 Å². The van der Waals surface area contributed by atoms with Gasteiger partial charge < -0.3 is 25.4 Å². The van der Waals surface area contributed by atoms with Crippen molar-refractivity contribution in [2.45, 2.75) is 24.9 Å². The van der Waals surface area contributed by atoms with E-state index >= 15 is 0 Å². The molecule has 3 rings (SSSR count). The number of nitrogens with one attached hydrogen (secondary N) is 1. The number of aromatic amines is 1. The van der Waals surface area contributed by atoms with Crippen molar-refractivity contribution in [1.82, 2.24) is 19.5 Å². The van der Waals surface area contributed by atoms with E-state index in [9.17, 15) is 14.5 Å². The summed E-state index contributed by atoms with van der Waals surface area (Å²) in [5.41, 5.74) is 5.23. The molecule has 6 N–H and O–H groups in total. The summed E-state index contributed by atoms with van der Waals surface area (Å²) in [5.74, 6) is -0.0934. The first-order chi connectivity index (χ1) is 10.7. The Kier molecular flexibility index (Phi) is 3.96. The average molecular weight is 357 g/mol. The van der Waals surface area contributed by atoms with Gasteiger partial charge in [0.2, 0.25) is 5.95 Å². The number of anilines is 1. The van der Waals surface area contributed by atoms with Gasteiger partial charge in [-0.25, -0.2) is 9.55 Å². The Morgan fingerprint density at radius 2 is 2.30 bits per heavy atom. The molecule has 0 saturated carbocycles. The Balaban J connectivity index is 1.84. The number of nitrogens with zero attached hydrogens (tertiary/aromatic N) is 3. The van der Waals surface area contributed by atoms with Crippen molar-refractivity contribution in [2.24, 2.45) is 0 Å². The molecule has 2 aromatic rings. The summed E-state index contributed by atoms with van der Waals surface area (Å²) in [6.45, 7) is -0.481. The van der Waals surface area contributed by atoms with Crippen LogP contribution in [-0.2, 0) is 13.8 Å². The van der Waals surface area contributed by atoms with E-state index in [-0.39, 0.29) is 23.5 Å². The van der Waals surface area contributed by atoms with Gasteiger partial charge in [0.1, 0.15) is 12.3 Å². The fraction of sp³-hybridized carbons (Fsp3) is 0.500. The molecule has 0 radical (unpaired) electrons. The summed E-state index contributed by atoms with van der Waals surface area (Å²) >= 11 is 0. The molecule has 126 valence electrons. The highest BCUT2D eigenvalue weighted by Crippen LogP contribution is 2.38. The molecule has 12 nitrogen and oxygen atoms in total. The Bertz CT molecular complexity index is 829. The second-order valence-corrected chi connectivity index (χ2v) is 6.23. The fourth-order valence-corrected chi connectivity index (χ4v) is 2.70. The van der Waals surface area contributed by atoms with Gasteiger partial charge >= 0.3 is 7.82 Å². The van der Waals surface area contributed by atoms with Gasteiger partial charge in [-0.1, -0.05) is 0 Å². The number of phosphoric acid groups is 1. The van der Waals surface area contributed by atoms with Crippen LogP contribution in [0.1, 0.15) is 12.6 Å². The van der Waals surface area contributed by atoms with E-state index in [1.807, 2.05) is 0 Å². The van der Waals surface area contributed by atoms with Crippen molar-refractivity contribution in [3.05, 3.63) is 16.7 Å². The van der Waals surface area contributed by atoms with Gasteiger partial charge in [0.05, 0.1) is 19.0 Å². The maximum absolute atomic E-state index is 11.7. The predicted molar refractivity (Wildman–Crippen MR) is 75.1 cm³/mol. The van der Waals surface area contributed by atoms with Crippen molar-refractivity contribution in [1.29, 1.82) is 0 Å². The topological polar surface area (TPSA) is 186 Å². The zero-order valence-electron chi connectivity index (χ0n) is 11.6. The van der Waals surface area contributed by atoms with Crippen LogP contribution < -0.4 is 11.3 Å². The lowest BCUT2D eigenvalue weighted by Crippen LogP contribution is -2.25. The molecule has 23 heavy (non-hydrogen) atoms. The maximum atomic E-state index is 11.7. The number of imidazole rings is 1. The molecule has 3 heterocycles. The van der Waals surface area contributed by atoms with Crippen molar-refractivity contribution in [3.63, 3.8) is 0 Å². The van der Waals surface area contributed by atoms with Crippen molar-refractivity contribution in [3.8, 4) is 0 Å². The van der Waals surface area contributed by atoms with Crippen LogP contribution in [0.25, 0.3) is 11.2 Å². The zero-order chi connectivity index (χ0) is 16.8. The van der Waals surface area contributed by atoms with E-state index in [0.29, 0.717) is 0 Å². The molecule has 1 fully saturated rings. The Morgan fingerprint density at radius 3 is 3.00 bits per heavy atom. The lowest BCUT2D eigenvalue weighted by atomic mass is 11.1. The van der Waals surface area contributed by atoms with E-state index in [1.165, 1.54) is 10.9 Å². The van der Waals surface area contributed by atoms with Gasteiger partial charge in [-0.2, -0.15) is 4.98 Å². The molecular formula is C10H14N5O7P. The maximum Gasteiger partial charge on any atom is 0.469 e. The number of hydrogen-bond donors (Lipinski definition) is 5. The van der Waals surface area contributed by atoms with E-state index in [0.717, 1.165) is 0 Å². The molecule has 0 aromatic carbocycles. The van der Waals surface area contributed by atoms with Crippen LogP contribution in [0.2, 0.25) is 0 Å². The third kappa shape index (κ3) is 3.27. The highest BCUT2D eigenvalue weighted by atomic mass is 31.2. The molecule has 0 unspecified atom stereocenters. The normalized spacial score (nSPS) is 25.3. The van der Waals surface area contributed by atoms with Gasteiger partial charge in [0.25, 0.3) is 5.56 Å². The lowest BCUT2D eigenvalue weighted by molar-refractivity contribution is -0.0424. The standard InChI is InChI=1S/C10H14N5O7P/c11-10-13-8-7(9(17)14-10)12-3-15(8)6-1-4(16)5(22-6)2-21-23(18,19)20/h3-6,16H,1-2H2,(H2,18,19,20)(H3,11,13,14,17)/t4-,5-,6-/m1/s1/i1+1,2+1,3+1,4+1,5+1,6+1,7+1,8+1,9+1,10+1. The van der Waals surface area contributed by atoms with E-state index in [1.54, 1.807) is 0 Å². The number of hydrogen-bond acceptors (Lipinski definition) is 8. The number of nitrogen functional groups attached to an aromatic ring is 1. The van der Waals surface area contributed by atoms with Gasteiger partial charge in [0.15, 0.2) is 11.2 Å². The molecule has 13 heteroatoms. The summed E-state index contributed by atoms with van der Waals surface area (Å²) in [7, 11) is -4.66. The minimum atomic E-state index is -4.66. The minimum Gasteiger partial charge on any atom is -0.390 e. The van der Waals surface area contributed by atoms with Crippen molar-refractivity contribution < 1.29 is 28.7 Å². The summed E-state index contributed by atoms with van der Waals surface area (Å²) in [5, 5.41) is 9.93. The molecule has 2 aromatic heterocycles. The first-order valence-electron chi connectivity index (χ1n) is 6.50. The van der Waals surface area contributed by atoms with Crippen LogP contribution in [0.4, 0.5) is 5.95 Å². The third-order valence-corrected chi connectivity index (χ3v) is 3.86. The quantitative estimate of drug-likeness (QED) is 0.317. The molecule has 1 aliphatic rings. The molecular weight excluding hydrogens is 343 g/mol. The van der Waals surface area contributed by atoms with Crippen molar-refractivity contribution in [2.75, 3.05) is 12.3 Å². The van der Waals surface area contributed by atoms with Crippen LogP contribution in [0.5, 0.6) is 0 Å². The number of fused-ring (bicyclic) bond motifs is 1. The van der Waals surface area contributed by atoms with Gasteiger partial charge in [0, 0.05) is 6.42 Å². The van der Waals surface area contributed by atoms with Gasteiger partial charge in [-0.3, -0.25) is 18.9 Å². The minimum absolute atomic E-state index is 0.0622. The first-order valence-corrected chi connectivity index (χ1v) is 8.03. The molecule has 0 bridgehead atoms. The Labute approximate surface area is 128 Å². The van der Waals surface area contributed by atoms with Crippen LogP contribution in [0.15, 0.2) is 11.1 Å². The van der Waals surface area contributed by atoms with E-state index in [2.05, 4.69) is 19.5 Å². The number of aliphatic hydroxyl groups excluding tert-OH is 1. The third-order valence-electron chi connectivity index (χ3n) is 3.37. The molecule has 1 saturated heterocycles. The van der Waals surface area contributed by atoms with Gasteiger partial charge in [-0.05, 0) is 0 Å². The molecule has 0 spiro atoms. The molecule has 3 atom stereocenters.